The van der Waals surface area contributed by atoms with Gasteiger partial charge in [-0.3, -0.25) is 0 Å². The number of rotatable bonds is 2. The topological polar surface area (TPSA) is 0 Å². The van der Waals surface area contributed by atoms with Crippen molar-refractivity contribution in [3.05, 3.63) is 59.9 Å². The summed E-state index contributed by atoms with van der Waals surface area (Å²) in [4.78, 5) is 0. The third kappa shape index (κ3) is 2.29. The molecule has 0 saturated carbocycles. The van der Waals surface area contributed by atoms with Gasteiger partial charge >= 0.3 is 0 Å². The first-order chi connectivity index (χ1) is 7.42. The lowest BCUT2D eigenvalue weighted by Gasteiger charge is -2.18. The Balaban J connectivity index is 2.37. The second kappa shape index (κ2) is 4.82. The molecule has 0 aromatic heterocycles. The van der Waals surface area contributed by atoms with Crippen molar-refractivity contribution in [1.29, 1.82) is 0 Å². The minimum Gasteiger partial charge on any atom is -0.128 e. The Morgan fingerprint density at radius 3 is 2.93 bits per heavy atom. The maximum absolute atomic E-state index is 3.64. The molecule has 1 aliphatic rings. The molecule has 0 heterocycles. The quantitative estimate of drug-likeness (QED) is 0.488. The molecule has 0 amide bonds. The Hall–Kier alpha value is -1.52. The molecule has 0 nitrogen and oxygen atoms in total. The van der Waals surface area contributed by atoms with Crippen molar-refractivity contribution in [2.24, 2.45) is 0 Å². The number of hydrogen-bond acceptors (Lipinski definition) is 0. The fourth-order valence-electron chi connectivity index (χ4n) is 2.16. The Morgan fingerprint density at radius 1 is 1.33 bits per heavy atom. The number of benzene rings is 1. The van der Waals surface area contributed by atoms with Crippen molar-refractivity contribution >= 4 is 6.08 Å². The van der Waals surface area contributed by atoms with E-state index < -0.39 is 0 Å². The summed E-state index contributed by atoms with van der Waals surface area (Å²) in [5.74, 6) is 0.583. The summed E-state index contributed by atoms with van der Waals surface area (Å²) < 4.78 is 0. The molecule has 1 aromatic rings. The molecule has 0 radical (unpaired) electrons. The van der Waals surface area contributed by atoms with Crippen LogP contribution in [0.3, 0.4) is 0 Å². The fraction of sp³-hybridized carbons (Fsp3) is 0.267. The lowest BCUT2D eigenvalue weighted by molar-refractivity contribution is 0.654. The Labute approximate surface area is 91.6 Å². The van der Waals surface area contributed by atoms with E-state index in [9.17, 15) is 0 Å². The molecule has 1 aromatic carbocycles. The van der Waals surface area contributed by atoms with Gasteiger partial charge in [0, 0.05) is 5.92 Å². The molecule has 1 aliphatic carbocycles. The lowest BCUT2D eigenvalue weighted by atomic mass is 9.86. The van der Waals surface area contributed by atoms with Gasteiger partial charge in [0.1, 0.15) is 0 Å². The highest BCUT2D eigenvalue weighted by molar-refractivity contribution is 5.54. The van der Waals surface area contributed by atoms with Crippen molar-refractivity contribution in [3.8, 4) is 0 Å². The van der Waals surface area contributed by atoms with Crippen LogP contribution in [0.5, 0.6) is 0 Å². The average molecular weight is 196 g/mol. The molecule has 0 heteroatoms. The molecule has 2 rings (SSSR count). The summed E-state index contributed by atoms with van der Waals surface area (Å²) in [6.45, 7) is 3.64. The molecule has 0 saturated heterocycles. The normalized spacial score (nSPS) is 19.6. The highest BCUT2D eigenvalue weighted by Crippen LogP contribution is 2.30. The van der Waals surface area contributed by atoms with Gasteiger partial charge in [-0.1, -0.05) is 43.0 Å². The Morgan fingerprint density at radius 2 is 2.20 bits per heavy atom. The van der Waals surface area contributed by atoms with E-state index in [0.717, 1.165) is 0 Å². The van der Waals surface area contributed by atoms with Gasteiger partial charge in [-0.25, -0.2) is 0 Å². The first-order valence-corrected chi connectivity index (χ1v) is 5.53. The van der Waals surface area contributed by atoms with Crippen molar-refractivity contribution in [2.45, 2.75) is 25.2 Å². The van der Waals surface area contributed by atoms with Gasteiger partial charge in [0.2, 0.25) is 0 Å². The van der Waals surface area contributed by atoms with Crippen molar-refractivity contribution in [1.82, 2.24) is 0 Å². The lowest BCUT2D eigenvalue weighted by Crippen LogP contribution is -2.01. The van der Waals surface area contributed by atoms with E-state index in [0.29, 0.717) is 5.92 Å². The molecule has 0 spiro atoms. The molecule has 1 atom stereocenters. The van der Waals surface area contributed by atoms with E-state index >= 15 is 0 Å². The zero-order valence-corrected chi connectivity index (χ0v) is 8.95. The molecule has 15 heavy (non-hydrogen) atoms. The molecule has 1 unspecified atom stereocenters. The monoisotopic (exact) mass is 196 g/mol. The first kappa shape index (κ1) is 10.0. The van der Waals surface area contributed by atoms with Gasteiger partial charge in [-0.15, -0.1) is 5.73 Å². The minimum absolute atomic E-state index is 0.583. The van der Waals surface area contributed by atoms with Gasteiger partial charge in [0.05, 0.1) is 0 Å². The molecule has 0 fully saturated rings. The Kier molecular flexibility index (Phi) is 3.22. The molecule has 76 valence electrons. The van der Waals surface area contributed by atoms with Gasteiger partial charge in [0.25, 0.3) is 0 Å². The number of hydrogen-bond donors (Lipinski definition) is 0. The largest absolute Gasteiger partial charge is 0.128 e. The molecule has 0 N–H and O–H groups in total. The van der Waals surface area contributed by atoms with Crippen molar-refractivity contribution in [3.63, 3.8) is 0 Å². The summed E-state index contributed by atoms with van der Waals surface area (Å²) in [5, 5.41) is 0. The SMILES string of the molecule is C=C=Cc1ccccc1C1C=CCCC1. The van der Waals surface area contributed by atoms with E-state index in [1.165, 1.54) is 30.4 Å². The number of allylic oxidation sites excluding steroid dienone is 2. The maximum atomic E-state index is 3.64. The maximum Gasteiger partial charge on any atom is 0.00242 e. The van der Waals surface area contributed by atoms with Crippen LogP contribution >= 0.6 is 0 Å². The third-order valence-corrected chi connectivity index (χ3v) is 2.91. The molecular formula is C15H16. The molecular weight excluding hydrogens is 180 g/mol. The van der Waals surface area contributed by atoms with E-state index in [1.54, 1.807) is 0 Å². The summed E-state index contributed by atoms with van der Waals surface area (Å²) in [5.41, 5.74) is 5.53. The van der Waals surface area contributed by atoms with Crippen LogP contribution in [0.15, 0.2) is 48.7 Å². The highest BCUT2D eigenvalue weighted by Gasteiger charge is 2.12. The van der Waals surface area contributed by atoms with Crippen LogP contribution in [0.2, 0.25) is 0 Å². The van der Waals surface area contributed by atoms with Gasteiger partial charge in [-0.2, -0.15) is 0 Å². The smallest absolute Gasteiger partial charge is 0.00242 e. The fourth-order valence-corrected chi connectivity index (χ4v) is 2.16. The van der Waals surface area contributed by atoms with Gasteiger partial charge in [0.15, 0.2) is 0 Å². The van der Waals surface area contributed by atoms with Gasteiger partial charge in [-0.05, 0) is 36.5 Å². The third-order valence-electron chi connectivity index (χ3n) is 2.91. The van der Waals surface area contributed by atoms with Crippen LogP contribution in [0, 0.1) is 0 Å². The van der Waals surface area contributed by atoms with Crippen LogP contribution in [0.25, 0.3) is 6.08 Å². The summed E-state index contributed by atoms with van der Waals surface area (Å²) in [7, 11) is 0. The zero-order chi connectivity index (χ0) is 10.5. The predicted octanol–water partition coefficient (Wildman–Crippen LogP) is 4.31. The van der Waals surface area contributed by atoms with E-state index in [1.807, 2.05) is 6.08 Å². The van der Waals surface area contributed by atoms with E-state index in [2.05, 4.69) is 48.7 Å². The summed E-state index contributed by atoms with van der Waals surface area (Å²) >= 11 is 0. The highest BCUT2D eigenvalue weighted by atomic mass is 14.2. The van der Waals surface area contributed by atoms with E-state index in [-0.39, 0.29) is 0 Å². The standard InChI is InChI=1S/C15H16/c1-2-8-13-11-6-7-12-15(13)14-9-4-3-5-10-14/h4,6-9,11-12,14H,1,3,5,10H2. The average Bonchev–Trinajstić information content (AvgIpc) is 2.31. The van der Waals surface area contributed by atoms with Crippen LogP contribution in [0.4, 0.5) is 0 Å². The zero-order valence-electron chi connectivity index (χ0n) is 8.95. The van der Waals surface area contributed by atoms with Gasteiger partial charge < -0.3 is 0 Å². The van der Waals surface area contributed by atoms with Crippen LogP contribution in [-0.4, -0.2) is 0 Å². The second-order valence-corrected chi connectivity index (χ2v) is 3.94. The van der Waals surface area contributed by atoms with Crippen LogP contribution in [0.1, 0.15) is 36.3 Å². The Bertz CT molecular complexity index is 406. The van der Waals surface area contributed by atoms with E-state index in [4.69, 9.17) is 0 Å². The van der Waals surface area contributed by atoms with Crippen molar-refractivity contribution in [2.75, 3.05) is 0 Å². The van der Waals surface area contributed by atoms with Crippen LogP contribution in [-0.2, 0) is 0 Å². The van der Waals surface area contributed by atoms with Crippen LogP contribution < -0.4 is 0 Å². The van der Waals surface area contributed by atoms with Crippen molar-refractivity contribution < 1.29 is 0 Å². The molecule has 0 aliphatic heterocycles. The summed E-state index contributed by atoms with van der Waals surface area (Å²) in [6.07, 6.45) is 10.4. The summed E-state index contributed by atoms with van der Waals surface area (Å²) in [6, 6.07) is 8.52. The second-order valence-electron chi connectivity index (χ2n) is 3.94. The first-order valence-electron chi connectivity index (χ1n) is 5.53. The molecule has 0 bridgehead atoms. The minimum atomic E-state index is 0.583. The predicted molar refractivity (Wildman–Crippen MR) is 65.8 cm³/mol.